The van der Waals surface area contributed by atoms with Crippen molar-refractivity contribution in [3.63, 3.8) is 0 Å². The monoisotopic (exact) mass is 239 g/mol. The van der Waals surface area contributed by atoms with Crippen molar-refractivity contribution in [1.82, 2.24) is 10.2 Å². The first-order valence-electron chi connectivity index (χ1n) is 5.83. The zero-order chi connectivity index (χ0) is 12.8. The number of aromatic nitrogens is 2. The first-order chi connectivity index (χ1) is 8.06. The second-order valence-electron chi connectivity index (χ2n) is 4.17. The highest BCUT2D eigenvalue weighted by Gasteiger charge is 2.10. The van der Waals surface area contributed by atoms with Gasteiger partial charge in [-0.25, -0.2) is 0 Å². The normalized spacial score (nSPS) is 10.9. The van der Waals surface area contributed by atoms with Crippen molar-refractivity contribution < 1.29 is 9.47 Å². The predicted octanol–water partition coefficient (Wildman–Crippen LogP) is 1.36. The number of hydrogen-bond donors (Lipinski definition) is 1. The van der Waals surface area contributed by atoms with E-state index in [1.54, 1.807) is 0 Å². The number of aryl methyl sites for hydroxylation is 1. The predicted molar refractivity (Wildman–Crippen MR) is 66.0 cm³/mol. The van der Waals surface area contributed by atoms with Crippen LogP contribution in [0.5, 0.6) is 5.88 Å². The molecular weight excluding hydrogens is 218 g/mol. The minimum atomic E-state index is 0.207. The van der Waals surface area contributed by atoms with Gasteiger partial charge in [-0.05, 0) is 33.3 Å². The van der Waals surface area contributed by atoms with Crippen molar-refractivity contribution in [2.45, 2.75) is 40.3 Å². The van der Waals surface area contributed by atoms with Gasteiger partial charge in [-0.1, -0.05) is 0 Å². The third kappa shape index (κ3) is 3.94. The molecule has 17 heavy (non-hydrogen) atoms. The summed E-state index contributed by atoms with van der Waals surface area (Å²) >= 11 is 0. The summed E-state index contributed by atoms with van der Waals surface area (Å²) in [4.78, 5) is 0. The van der Waals surface area contributed by atoms with Crippen LogP contribution in [0, 0.1) is 13.8 Å². The summed E-state index contributed by atoms with van der Waals surface area (Å²) in [5.41, 5.74) is 8.54. The maximum Gasteiger partial charge on any atom is 0.238 e. The zero-order valence-corrected chi connectivity index (χ0v) is 11.0. The van der Waals surface area contributed by atoms with Gasteiger partial charge in [0.05, 0.1) is 18.4 Å². The molecule has 0 amide bonds. The molecule has 1 aromatic rings. The molecule has 0 atom stereocenters. The quantitative estimate of drug-likeness (QED) is 0.759. The van der Waals surface area contributed by atoms with Crippen LogP contribution in [0.1, 0.15) is 30.7 Å². The van der Waals surface area contributed by atoms with Gasteiger partial charge in [-0.3, -0.25) is 0 Å². The smallest absolute Gasteiger partial charge is 0.238 e. The lowest BCUT2D eigenvalue weighted by Crippen LogP contribution is -2.15. The van der Waals surface area contributed by atoms with Crippen LogP contribution in [-0.4, -0.2) is 29.5 Å². The molecule has 1 aromatic heterocycles. The van der Waals surface area contributed by atoms with Crippen molar-refractivity contribution >= 4 is 0 Å². The standard InChI is InChI=1S/C12H21N3O2/c1-8(2)16-5-6-17-12-11(7-13)9(3)10(4)14-15-12/h8H,5-7,13H2,1-4H3. The van der Waals surface area contributed by atoms with E-state index in [1.165, 1.54) is 0 Å². The molecular formula is C12H21N3O2. The number of ether oxygens (including phenoxy) is 2. The van der Waals surface area contributed by atoms with Gasteiger partial charge >= 0.3 is 0 Å². The summed E-state index contributed by atoms with van der Waals surface area (Å²) in [6.07, 6.45) is 0.207. The molecule has 0 unspecified atom stereocenters. The highest BCUT2D eigenvalue weighted by atomic mass is 16.5. The summed E-state index contributed by atoms with van der Waals surface area (Å²) in [5, 5.41) is 8.05. The molecule has 5 heteroatoms. The Labute approximate surface area is 102 Å². The summed E-state index contributed by atoms with van der Waals surface area (Å²) in [6.45, 7) is 9.26. The maximum absolute atomic E-state index is 5.69. The third-order valence-corrected chi connectivity index (χ3v) is 2.52. The van der Waals surface area contributed by atoms with E-state index in [9.17, 15) is 0 Å². The molecule has 5 nitrogen and oxygen atoms in total. The van der Waals surface area contributed by atoms with Crippen molar-refractivity contribution in [3.05, 3.63) is 16.8 Å². The Morgan fingerprint density at radius 1 is 1.18 bits per heavy atom. The van der Waals surface area contributed by atoms with Gasteiger partial charge in [0.1, 0.15) is 6.61 Å². The van der Waals surface area contributed by atoms with Gasteiger partial charge in [-0.2, -0.15) is 5.10 Å². The Morgan fingerprint density at radius 3 is 2.47 bits per heavy atom. The van der Waals surface area contributed by atoms with E-state index < -0.39 is 0 Å². The summed E-state index contributed by atoms with van der Waals surface area (Å²) in [5.74, 6) is 0.517. The van der Waals surface area contributed by atoms with Gasteiger partial charge < -0.3 is 15.2 Å². The molecule has 0 fully saturated rings. The molecule has 0 saturated carbocycles. The molecule has 1 heterocycles. The largest absolute Gasteiger partial charge is 0.474 e. The van der Waals surface area contributed by atoms with Crippen molar-refractivity contribution in [1.29, 1.82) is 0 Å². The van der Waals surface area contributed by atoms with Crippen molar-refractivity contribution in [3.8, 4) is 5.88 Å². The third-order valence-electron chi connectivity index (χ3n) is 2.52. The van der Waals surface area contributed by atoms with E-state index >= 15 is 0 Å². The average Bonchev–Trinajstić information content (AvgIpc) is 2.29. The number of nitrogens with zero attached hydrogens (tertiary/aromatic N) is 2. The first kappa shape index (κ1) is 13.9. The molecule has 0 aliphatic heterocycles. The van der Waals surface area contributed by atoms with E-state index in [-0.39, 0.29) is 6.10 Å². The Kier molecular flexibility index (Phi) is 5.31. The first-order valence-corrected chi connectivity index (χ1v) is 5.83. The van der Waals surface area contributed by atoms with E-state index in [0.717, 1.165) is 16.8 Å². The highest BCUT2D eigenvalue weighted by molar-refractivity contribution is 5.34. The zero-order valence-electron chi connectivity index (χ0n) is 11.0. The second kappa shape index (κ2) is 6.51. The van der Waals surface area contributed by atoms with Crippen LogP contribution in [0.4, 0.5) is 0 Å². The summed E-state index contributed by atoms with van der Waals surface area (Å²) in [6, 6.07) is 0. The fourth-order valence-electron chi connectivity index (χ4n) is 1.41. The lowest BCUT2D eigenvalue weighted by Gasteiger charge is -2.13. The van der Waals surface area contributed by atoms with E-state index in [4.69, 9.17) is 15.2 Å². The fraction of sp³-hybridized carbons (Fsp3) is 0.667. The topological polar surface area (TPSA) is 70.3 Å². The molecule has 0 saturated heterocycles. The van der Waals surface area contributed by atoms with Gasteiger partial charge in [0, 0.05) is 12.1 Å². The Balaban J connectivity index is 2.62. The van der Waals surface area contributed by atoms with Gasteiger partial charge in [-0.15, -0.1) is 5.10 Å². The fourth-order valence-corrected chi connectivity index (χ4v) is 1.41. The van der Waals surface area contributed by atoms with E-state index in [0.29, 0.717) is 25.6 Å². The van der Waals surface area contributed by atoms with Crippen LogP contribution >= 0.6 is 0 Å². The molecule has 0 aliphatic rings. The molecule has 2 N–H and O–H groups in total. The minimum Gasteiger partial charge on any atom is -0.474 e. The Bertz CT molecular complexity index is 367. The van der Waals surface area contributed by atoms with Crippen LogP contribution in [0.3, 0.4) is 0 Å². The lowest BCUT2D eigenvalue weighted by atomic mass is 10.1. The van der Waals surface area contributed by atoms with Crippen molar-refractivity contribution in [2.75, 3.05) is 13.2 Å². The van der Waals surface area contributed by atoms with Crippen LogP contribution in [0.15, 0.2) is 0 Å². The lowest BCUT2D eigenvalue weighted by molar-refractivity contribution is 0.0537. The van der Waals surface area contributed by atoms with Gasteiger partial charge in [0.25, 0.3) is 0 Å². The molecule has 0 aromatic carbocycles. The molecule has 1 rings (SSSR count). The van der Waals surface area contributed by atoms with Crippen molar-refractivity contribution in [2.24, 2.45) is 5.73 Å². The number of nitrogens with two attached hydrogens (primary N) is 1. The van der Waals surface area contributed by atoms with Gasteiger partial charge in [0.15, 0.2) is 0 Å². The van der Waals surface area contributed by atoms with E-state index in [1.807, 2.05) is 27.7 Å². The highest BCUT2D eigenvalue weighted by Crippen LogP contribution is 2.19. The van der Waals surface area contributed by atoms with Crippen LogP contribution in [-0.2, 0) is 11.3 Å². The average molecular weight is 239 g/mol. The van der Waals surface area contributed by atoms with Gasteiger partial charge in [0.2, 0.25) is 5.88 Å². The molecule has 0 spiro atoms. The Morgan fingerprint density at radius 2 is 1.88 bits per heavy atom. The number of rotatable bonds is 6. The molecule has 0 bridgehead atoms. The van der Waals surface area contributed by atoms with E-state index in [2.05, 4.69) is 10.2 Å². The molecule has 0 aliphatic carbocycles. The number of hydrogen-bond acceptors (Lipinski definition) is 5. The minimum absolute atomic E-state index is 0.207. The Hall–Kier alpha value is -1.20. The van der Waals surface area contributed by atoms with Crippen LogP contribution in [0.25, 0.3) is 0 Å². The maximum atomic E-state index is 5.69. The second-order valence-corrected chi connectivity index (χ2v) is 4.17. The van der Waals surface area contributed by atoms with Crippen LogP contribution < -0.4 is 10.5 Å². The summed E-state index contributed by atoms with van der Waals surface area (Å²) in [7, 11) is 0. The SMILES string of the molecule is Cc1nnc(OCCOC(C)C)c(CN)c1C. The molecule has 96 valence electrons. The summed E-state index contributed by atoms with van der Waals surface area (Å²) < 4.78 is 10.9. The molecule has 0 radical (unpaired) electrons. The van der Waals surface area contributed by atoms with Crippen LogP contribution in [0.2, 0.25) is 0 Å².